The number of nitrogens with zero attached hydrogens (tertiary/aromatic N) is 2. The molecule has 2 atom stereocenters. The van der Waals surface area contributed by atoms with Crippen molar-refractivity contribution < 1.29 is 9.47 Å². The molecular formula is C28H32BrN5O3. The Morgan fingerprint density at radius 1 is 1.19 bits per heavy atom. The largest absolute Gasteiger partial charge is 0.496 e. The van der Waals surface area contributed by atoms with E-state index in [4.69, 9.17) is 14.5 Å². The van der Waals surface area contributed by atoms with E-state index in [1.165, 1.54) is 0 Å². The minimum Gasteiger partial charge on any atom is -0.496 e. The Labute approximate surface area is 224 Å². The summed E-state index contributed by atoms with van der Waals surface area (Å²) in [4.78, 5) is 26.3. The predicted molar refractivity (Wildman–Crippen MR) is 152 cm³/mol. The van der Waals surface area contributed by atoms with Gasteiger partial charge in [-0.05, 0) is 84.6 Å². The van der Waals surface area contributed by atoms with Gasteiger partial charge in [-0.15, -0.1) is 0 Å². The highest BCUT2D eigenvalue weighted by Crippen LogP contribution is 2.31. The van der Waals surface area contributed by atoms with Crippen molar-refractivity contribution in [1.29, 1.82) is 0 Å². The molecule has 1 aliphatic heterocycles. The first-order valence-electron chi connectivity index (χ1n) is 12.5. The number of aromatic nitrogens is 3. The number of aryl methyl sites for hydroxylation is 1. The van der Waals surface area contributed by atoms with Gasteiger partial charge < -0.3 is 29.7 Å². The zero-order chi connectivity index (χ0) is 26.1. The molecule has 0 amide bonds. The van der Waals surface area contributed by atoms with Gasteiger partial charge >= 0.3 is 0 Å². The summed E-state index contributed by atoms with van der Waals surface area (Å²) in [5.41, 5.74) is 6.19. The third kappa shape index (κ3) is 5.38. The maximum Gasteiger partial charge on any atom is 0.261 e. The second-order valence-corrected chi connectivity index (χ2v) is 10.5. The zero-order valence-corrected chi connectivity index (χ0v) is 23.1. The first kappa shape index (κ1) is 25.4. The number of nitrogens with one attached hydrogen (secondary N) is 3. The van der Waals surface area contributed by atoms with E-state index in [1.54, 1.807) is 13.3 Å². The highest BCUT2D eigenvalue weighted by atomic mass is 79.9. The van der Waals surface area contributed by atoms with E-state index in [1.807, 2.05) is 18.2 Å². The van der Waals surface area contributed by atoms with Crippen LogP contribution in [-0.2, 0) is 11.2 Å². The number of hydrogen-bond acceptors (Lipinski definition) is 6. The normalized spacial score (nSPS) is 17.8. The number of benzene rings is 2. The fourth-order valence-corrected chi connectivity index (χ4v) is 5.62. The van der Waals surface area contributed by atoms with Crippen LogP contribution in [0.15, 0.2) is 51.9 Å². The third-order valence-electron chi connectivity index (χ3n) is 6.69. The van der Waals surface area contributed by atoms with Crippen LogP contribution < -0.4 is 20.5 Å². The molecular weight excluding hydrogens is 534 g/mol. The average molecular weight is 567 g/mol. The molecule has 0 spiro atoms. The van der Waals surface area contributed by atoms with Gasteiger partial charge in [0.1, 0.15) is 17.1 Å². The molecule has 4 aromatic rings. The van der Waals surface area contributed by atoms with Crippen LogP contribution in [0.4, 0.5) is 11.4 Å². The van der Waals surface area contributed by atoms with Crippen LogP contribution in [-0.4, -0.2) is 53.9 Å². The molecule has 3 heterocycles. The van der Waals surface area contributed by atoms with Crippen LogP contribution in [0.1, 0.15) is 25.0 Å². The van der Waals surface area contributed by atoms with Crippen LogP contribution in [0.3, 0.4) is 0 Å². The minimum absolute atomic E-state index is 0.174. The summed E-state index contributed by atoms with van der Waals surface area (Å²) in [6.45, 7) is 8.61. The molecule has 37 heavy (non-hydrogen) atoms. The molecule has 1 aliphatic rings. The molecule has 3 N–H and O–H groups in total. The summed E-state index contributed by atoms with van der Waals surface area (Å²) >= 11 is 3.54. The highest BCUT2D eigenvalue weighted by Gasteiger charge is 2.24. The van der Waals surface area contributed by atoms with Crippen LogP contribution in [0.5, 0.6) is 5.75 Å². The molecule has 9 heteroatoms. The van der Waals surface area contributed by atoms with Crippen LogP contribution >= 0.6 is 15.9 Å². The van der Waals surface area contributed by atoms with Crippen molar-refractivity contribution >= 4 is 38.3 Å². The Kier molecular flexibility index (Phi) is 7.26. The fourth-order valence-electron chi connectivity index (χ4n) is 5.03. The third-order valence-corrected chi connectivity index (χ3v) is 7.31. The van der Waals surface area contributed by atoms with Crippen LogP contribution in [0.2, 0.25) is 0 Å². The number of halogens is 1. The Balaban J connectivity index is 1.41. The maximum atomic E-state index is 12.9. The number of ether oxygens (including phenoxy) is 2. The Bertz CT molecular complexity index is 1470. The molecule has 0 radical (unpaired) electrons. The van der Waals surface area contributed by atoms with Gasteiger partial charge in [-0.3, -0.25) is 4.79 Å². The van der Waals surface area contributed by atoms with Crippen molar-refractivity contribution in [2.75, 3.05) is 37.0 Å². The number of imidazole rings is 1. The number of fused-ring (bicyclic) bond motifs is 1. The minimum atomic E-state index is -0.190. The van der Waals surface area contributed by atoms with Crippen molar-refractivity contribution in [2.45, 2.75) is 39.4 Å². The number of aromatic amines is 2. The number of hydrogen-bond donors (Lipinski definition) is 3. The first-order valence-corrected chi connectivity index (χ1v) is 13.3. The van der Waals surface area contributed by atoms with Crippen molar-refractivity contribution in [1.82, 2.24) is 15.0 Å². The standard InChI is InChI=1S/C28H32BrN5O3/c1-16-11-20(34-14-17(2)37-18(3)15-34)13-23-26(16)33-27(32-23)25-22(8-10-31-28(25)35)30-9-7-19-5-6-24(36-4)21(29)12-19/h5-6,8,10-13,17-18H,7,9,14-15H2,1-4H3,(H,32,33)(H2,30,31,35)/t17-,18+. The Morgan fingerprint density at radius 3 is 2.70 bits per heavy atom. The summed E-state index contributed by atoms with van der Waals surface area (Å²) in [5, 5.41) is 3.43. The average Bonchev–Trinajstić information content (AvgIpc) is 3.28. The molecule has 1 fully saturated rings. The summed E-state index contributed by atoms with van der Waals surface area (Å²) in [6, 6.07) is 12.2. The number of rotatable bonds is 7. The predicted octanol–water partition coefficient (Wildman–Crippen LogP) is 5.27. The number of morpholine rings is 1. The molecule has 194 valence electrons. The van der Waals surface area contributed by atoms with Gasteiger partial charge in [0.2, 0.25) is 0 Å². The van der Waals surface area contributed by atoms with E-state index in [0.717, 1.165) is 63.3 Å². The number of anilines is 2. The van der Waals surface area contributed by atoms with Crippen LogP contribution in [0, 0.1) is 6.92 Å². The molecule has 2 aromatic heterocycles. The molecule has 8 nitrogen and oxygen atoms in total. The van der Waals surface area contributed by atoms with Gasteiger partial charge in [-0.2, -0.15) is 0 Å². The number of H-pyrrole nitrogens is 2. The fraction of sp³-hybridized carbons (Fsp3) is 0.357. The summed E-state index contributed by atoms with van der Waals surface area (Å²) in [6.07, 6.45) is 2.79. The maximum absolute atomic E-state index is 12.9. The van der Waals surface area contributed by atoms with E-state index in [-0.39, 0.29) is 17.8 Å². The molecule has 1 saturated heterocycles. The topological polar surface area (TPSA) is 95.3 Å². The second kappa shape index (κ2) is 10.6. The molecule has 0 aliphatic carbocycles. The lowest BCUT2D eigenvalue weighted by Gasteiger charge is -2.37. The second-order valence-electron chi connectivity index (χ2n) is 9.65. The molecule has 0 unspecified atom stereocenters. The molecule has 2 aromatic carbocycles. The van der Waals surface area contributed by atoms with Gasteiger partial charge in [0, 0.05) is 31.5 Å². The van der Waals surface area contributed by atoms with Gasteiger partial charge in [0.05, 0.1) is 40.5 Å². The van der Waals surface area contributed by atoms with Gasteiger partial charge in [-0.1, -0.05) is 6.07 Å². The van der Waals surface area contributed by atoms with Crippen molar-refractivity contribution in [3.05, 3.63) is 68.5 Å². The summed E-state index contributed by atoms with van der Waals surface area (Å²) < 4.78 is 12.1. The van der Waals surface area contributed by atoms with Crippen LogP contribution in [0.25, 0.3) is 22.4 Å². The molecule has 0 saturated carbocycles. The SMILES string of the molecule is COc1ccc(CCNc2cc[nH]c(=O)c2-c2nc3c(C)cc(N4C[C@@H](C)O[C@@H](C)C4)cc3[nH]2)cc1Br. The van der Waals surface area contributed by atoms with Gasteiger partial charge in [0.25, 0.3) is 5.56 Å². The van der Waals surface area contributed by atoms with Crippen molar-refractivity contribution in [3.63, 3.8) is 0 Å². The van der Waals surface area contributed by atoms with E-state index < -0.39 is 0 Å². The van der Waals surface area contributed by atoms with E-state index in [9.17, 15) is 4.79 Å². The van der Waals surface area contributed by atoms with Crippen molar-refractivity contribution in [2.24, 2.45) is 0 Å². The monoisotopic (exact) mass is 565 g/mol. The summed E-state index contributed by atoms with van der Waals surface area (Å²) in [7, 11) is 1.65. The quantitative estimate of drug-likeness (QED) is 0.282. The molecule has 5 rings (SSSR count). The van der Waals surface area contributed by atoms with Gasteiger partial charge in [0.15, 0.2) is 0 Å². The summed E-state index contributed by atoms with van der Waals surface area (Å²) in [5.74, 6) is 1.35. The van der Waals surface area contributed by atoms with E-state index in [0.29, 0.717) is 17.9 Å². The highest BCUT2D eigenvalue weighted by molar-refractivity contribution is 9.10. The Hall–Kier alpha value is -3.30. The lowest BCUT2D eigenvalue weighted by molar-refractivity contribution is -0.00521. The smallest absolute Gasteiger partial charge is 0.261 e. The van der Waals surface area contributed by atoms with E-state index >= 15 is 0 Å². The first-order chi connectivity index (χ1) is 17.8. The van der Waals surface area contributed by atoms with Gasteiger partial charge in [-0.25, -0.2) is 4.98 Å². The lowest BCUT2D eigenvalue weighted by atomic mass is 10.1. The zero-order valence-electron chi connectivity index (χ0n) is 21.5. The number of methoxy groups -OCH3 is 1. The van der Waals surface area contributed by atoms with E-state index in [2.05, 4.69) is 75.1 Å². The lowest BCUT2D eigenvalue weighted by Crippen LogP contribution is -2.45. The Morgan fingerprint density at radius 2 is 1.97 bits per heavy atom. The van der Waals surface area contributed by atoms with Crippen molar-refractivity contribution in [3.8, 4) is 17.1 Å². The number of pyridine rings is 1. The molecule has 0 bridgehead atoms.